The molecule has 1 N–H and O–H groups in total. The van der Waals surface area contributed by atoms with Crippen LogP contribution in [0.25, 0.3) is 0 Å². The minimum Gasteiger partial charge on any atom is -0.335 e. The molecule has 86 valence electrons. The number of rotatable bonds is 6. The molecule has 0 spiro atoms. The highest BCUT2D eigenvalue weighted by Gasteiger charge is 2.07. The fourth-order valence-electron chi connectivity index (χ4n) is 1.79. The highest BCUT2D eigenvalue weighted by molar-refractivity contribution is 4.97. The zero-order chi connectivity index (χ0) is 11.3. The van der Waals surface area contributed by atoms with Gasteiger partial charge < -0.3 is 9.88 Å². The van der Waals surface area contributed by atoms with Crippen LogP contribution in [0.2, 0.25) is 0 Å². The molecule has 3 heteroatoms. The summed E-state index contributed by atoms with van der Waals surface area (Å²) >= 11 is 0. The van der Waals surface area contributed by atoms with Crippen molar-refractivity contribution in [2.45, 2.75) is 52.6 Å². The smallest absolute Gasteiger partial charge is 0.111 e. The molecule has 0 aliphatic rings. The van der Waals surface area contributed by atoms with Gasteiger partial charge in [0.1, 0.15) is 5.82 Å². The Labute approximate surface area is 92.9 Å². The average Bonchev–Trinajstić information content (AvgIpc) is 2.63. The third-order valence-corrected chi connectivity index (χ3v) is 2.62. The van der Waals surface area contributed by atoms with Crippen LogP contribution in [-0.2, 0) is 6.54 Å². The van der Waals surface area contributed by atoms with Crippen molar-refractivity contribution in [2.24, 2.45) is 0 Å². The normalized spacial score (nSPS) is 13.4. The van der Waals surface area contributed by atoms with Crippen molar-refractivity contribution in [1.29, 1.82) is 0 Å². The summed E-state index contributed by atoms with van der Waals surface area (Å²) < 4.78 is 2.26. The van der Waals surface area contributed by atoms with Crippen molar-refractivity contribution in [1.82, 2.24) is 14.9 Å². The van der Waals surface area contributed by atoms with Gasteiger partial charge in [0.05, 0.1) is 0 Å². The van der Waals surface area contributed by atoms with Gasteiger partial charge in [0, 0.05) is 30.9 Å². The van der Waals surface area contributed by atoms with Crippen molar-refractivity contribution in [2.75, 3.05) is 6.54 Å². The molecule has 1 aromatic heterocycles. The predicted octanol–water partition coefficient (Wildman–Crippen LogP) is 2.39. The first kappa shape index (κ1) is 12.2. The predicted molar refractivity (Wildman–Crippen MR) is 64.1 cm³/mol. The fraction of sp³-hybridized carbons (Fsp3) is 0.750. The SMILES string of the molecule is CCNC(C)CCn1ccnc1C(C)C. The lowest BCUT2D eigenvalue weighted by molar-refractivity contribution is 0.476. The molecule has 0 fully saturated rings. The number of aromatic nitrogens is 2. The molecule has 0 aromatic carbocycles. The number of hydrogen-bond acceptors (Lipinski definition) is 2. The maximum Gasteiger partial charge on any atom is 0.111 e. The maximum atomic E-state index is 4.38. The third-order valence-electron chi connectivity index (χ3n) is 2.62. The summed E-state index contributed by atoms with van der Waals surface area (Å²) in [6.07, 6.45) is 5.13. The van der Waals surface area contributed by atoms with E-state index < -0.39 is 0 Å². The van der Waals surface area contributed by atoms with Crippen LogP contribution in [0.5, 0.6) is 0 Å². The van der Waals surface area contributed by atoms with Crippen LogP contribution >= 0.6 is 0 Å². The minimum absolute atomic E-state index is 0.509. The average molecular weight is 209 g/mol. The van der Waals surface area contributed by atoms with Crippen LogP contribution in [0.3, 0.4) is 0 Å². The molecule has 1 unspecified atom stereocenters. The molecule has 1 atom stereocenters. The van der Waals surface area contributed by atoms with Crippen LogP contribution < -0.4 is 5.32 Å². The molecular weight excluding hydrogens is 186 g/mol. The molecule has 0 aliphatic carbocycles. The number of hydrogen-bond donors (Lipinski definition) is 1. The van der Waals surface area contributed by atoms with Crippen LogP contribution in [0.1, 0.15) is 45.9 Å². The maximum absolute atomic E-state index is 4.38. The second-order valence-electron chi connectivity index (χ2n) is 4.38. The van der Waals surface area contributed by atoms with Gasteiger partial charge in [0.15, 0.2) is 0 Å². The van der Waals surface area contributed by atoms with Crippen LogP contribution in [0.4, 0.5) is 0 Å². The van der Waals surface area contributed by atoms with Gasteiger partial charge in [0.25, 0.3) is 0 Å². The number of nitrogens with one attached hydrogen (secondary N) is 1. The molecule has 1 aromatic rings. The van der Waals surface area contributed by atoms with Crippen molar-refractivity contribution < 1.29 is 0 Å². The summed E-state index contributed by atoms with van der Waals surface area (Å²) in [5, 5.41) is 3.42. The van der Waals surface area contributed by atoms with Crippen molar-refractivity contribution in [3.63, 3.8) is 0 Å². The van der Waals surface area contributed by atoms with Crippen LogP contribution in [0, 0.1) is 0 Å². The van der Waals surface area contributed by atoms with Gasteiger partial charge in [-0.1, -0.05) is 20.8 Å². The Morgan fingerprint density at radius 3 is 2.73 bits per heavy atom. The van der Waals surface area contributed by atoms with E-state index in [9.17, 15) is 0 Å². The second-order valence-corrected chi connectivity index (χ2v) is 4.38. The Bertz CT molecular complexity index is 278. The van der Waals surface area contributed by atoms with E-state index in [0.29, 0.717) is 12.0 Å². The summed E-state index contributed by atoms with van der Waals surface area (Å²) in [7, 11) is 0. The molecule has 0 saturated heterocycles. The first-order valence-corrected chi connectivity index (χ1v) is 5.89. The van der Waals surface area contributed by atoms with Crippen LogP contribution in [0.15, 0.2) is 12.4 Å². The largest absolute Gasteiger partial charge is 0.335 e. The standard InChI is InChI=1S/C12H23N3/c1-5-13-11(4)6-8-15-9-7-14-12(15)10(2)3/h7,9-11,13H,5-6,8H2,1-4H3. The van der Waals surface area contributed by atoms with Gasteiger partial charge in [-0.05, 0) is 19.9 Å². The van der Waals surface area contributed by atoms with E-state index in [1.54, 1.807) is 0 Å². The van der Waals surface area contributed by atoms with Crippen molar-refractivity contribution in [3.8, 4) is 0 Å². The molecule has 0 bridgehead atoms. The zero-order valence-electron chi connectivity index (χ0n) is 10.3. The molecule has 0 aliphatic heterocycles. The first-order chi connectivity index (χ1) is 7.15. The van der Waals surface area contributed by atoms with Gasteiger partial charge in [-0.2, -0.15) is 0 Å². The summed E-state index contributed by atoms with van der Waals surface area (Å²) in [6.45, 7) is 10.9. The number of imidazole rings is 1. The monoisotopic (exact) mass is 209 g/mol. The first-order valence-electron chi connectivity index (χ1n) is 5.89. The fourth-order valence-corrected chi connectivity index (χ4v) is 1.79. The number of aryl methyl sites for hydroxylation is 1. The second kappa shape index (κ2) is 5.91. The topological polar surface area (TPSA) is 29.9 Å². The Kier molecular flexibility index (Phi) is 4.82. The molecule has 1 rings (SSSR count). The molecule has 0 amide bonds. The van der Waals surface area contributed by atoms with E-state index in [0.717, 1.165) is 19.5 Å². The van der Waals surface area contributed by atoms with E-state index in [4.69, 9.17) is 0 Å². The zero-order valence-corrected chi connectivity index (χ0v) is 10.3. The Morgan fingerprint density at radius 2 is 2.13 bits per heavy atom. The third kappa shape index (κ3) is 3.67. The quantitative estimate of drug-likeness (QED) is 0.779. The molecule has 0 saturated carbocycles. The van der Waals surface area contributed by atoms with Gasteiger partial charge >= 0.3 is 0 Å². The Morgan fingerprint density at radius 1 is 1.40 bits per heavy atom. The van der Waals surface area contributed by atoms with E-state index in [2.05, 4.69) is 48.8 Å². The lowest BCUT2D eigenvalue weighted by Gasteiger charge is -2.14. The molecule has 1 heterocycles. The van der Waals surface area contributed by atoms with Crippen molar-refractivity contribution >= 4 is 0 Å². The molecule has 0 radical (unpaired) electrons. The minimum atomic E-state index is 0.509. The van der Waals surface area contributed by atoms with Gasteiger partial charge in [-0.25, -0.2) is 4.98 Å². The van der Waals surface area contributed by atoms with E-state index in [-0.39, 0.29) is 0 Å². The highest BCUT2D eigenvalue weighted by Crippen LogP contribution is 2.12. The number of nitrogens with zero attached hydrogens (tertiary/aromatic N) is 2. The Balaban J connectivity index is 2.46. The summed E-state index contributed by atoms with van der Waals surface area (Å²) in [4.78, 5) is 4.38. The van der Waals surface area contributed by atoms with Gasteiger partial charge in [-0.15, -0.1) is 0 Å². The van der Waals surface area contributed by atoms with Crippen LogP contribution in [-0.4, -0.2) is 22.1 Å². The van der Waals surface area contributed by atoms with Gasteiger partial charge in [-0.3, -0.25) is 0 Å². The molecule has 15 heavy (non-hydrogen) atoms. The van der Waals surface area contributed by atoms with E-state index in [1.165, 1.54) is 5.82 Å². The van der Waals surface area contributed by atoms with Crippen molar-refractivity contribution in [3.05, 3.63) is 18.2 Å². The highest BCUT2D eigenvalue weighted by atomic mass is 15.1. The summed E-state index contributed by atoms with van der Waals surface area (Å²) in [5.41, 5.74) is 0. The lowest BCUT2D eigenvalue weighted by Crippen LogP contribution is -2.27. The molecular formula is C12H23N3. The summed E-state index contributed by atoms with van der Waals surface area (Å²) in [5.74, 6) is 1.70. The van der Waals surface area contributed by atoms with E-state index in [1.807, 2.05) is 6.20 Å². The Hall–Kier alpha value is -0.830. The molecule has 3 nitrogen and oxygen atoms in total. The van der Waals surface area contributed by atoms with E-state index >= 15 is 0 Å². The van der Waals surface area contributed by atoms with Gasteiger partial charge in [0.2, 0.25) is 0 Å². The lowest BCUT2D eigenvalue weighted by atomic mass is 10.2. The summed E-state index contributed by atoms with van der Waals surface area (Å²) in [6, 6.07) is 0.581.